The predicted octanol–water partition coefficient (Wildman–Crippen LogP) is 1.91. The molecule has 0 aliphatic rings. The minimum Gasteiger partial charge on any atom is -0.385 e. The third kappa shape index (κ3) is 4.98. The lowest BCUT2D eigenvalue weighted by molar-refractivity contribution is -0.114. The lowest BCUT2D eigenvalue weighted by atomic mass is 10.0. The molecule has 0 bridgehead atoms. The van der Waals surface area contributed by atoms with Crippen LogP contribution in [0.1, 0.15) is 11.7 Å². The molecule has 4 nitrogen and oxygen atoms in total. The second-order valence-corrected chi connectivity index (χ2v) is 3.74. The second kappa shape index (κ2) is 8.83. The van der Waals surface area contributed by atoms with Gasteiger partial charge in [-0.05, 0) is 5.56 Å². The van der Waals surface area contributed by atoms with Gasteiger partial charge in [-0.2, -0.15) is 0 Å². The van der Waals surface area contributed by atoms with Crippen LogP contribution in [0.2, 0.25) is 0 Å². The monoisotopic (exact) mass is 252 g/mol. The van der Waals surface area contributed by atoms with Gasteiger partial charge in [-0.1, -0.05) is 36.4 Å². The van der Waals surface area contributed by atoms with Crippen LogP contribution in [0.3, 0.4) is 0 Å². The fourth-order valence-electron chi connectivity index (χ4n) is 1.46. The SMILES string of the molecule is C=C[C@H](OCOCCOC)[C@H](O)c1ccccc1. The number of methoxy groups -OCH3 is 1. The van der Waals surface area contributed by atoms with Crippen LogP contribution in [0, 0.1) is 0 Å². The molecule has 0 saturated carbocycles. The Morgan fingerprint density at radius 1 is 1.28 bits per heavy atom. The van der Waals surface area contributed by atoms with E-state index >= 15 is 0 Å². The zero-order valence-corrected chi connectivity index (χ0v) is 10.6. The zero-order valence-electron chi connectivity index (χ0n) is 10.6. The van der Waals surface area contributed by atoms with E-state index in [9.17, 15) is 5.11 Å². The van der Waals surface area contributed by atoms with Crippen molar-refractivity contribution < 1.29 is 19.3 Å². The summed E-state index contributed by atoms with van der Waals surface area (Å²) in [6.07, 6.45) is 0.335. The maximum Gasteiger partial charge on any atom is 0.147 e. The maximum absolute atomic E-state index is 10.1. The molecular formula is C14H20O4. The van der Waals surface area contributed by atoms with E-state index in [4.69, 9.17) is 14.2 Å². The van der Waals surface area contributed by atoms with Crippen molar-refractivity contribution in [2.45, 2.75) is 12.2 Å². The minimum absolute atomic E-state index is 0.101. The van der Waals surface area contributed by atoms with E-state index in [1.165, 1.54) is 0 Å². The van der Waals surface area contributed by atoms with Gasteiger partial charge in [-0.3, -0.25) is 0 Å². The van der Waals surface area contributed by atoms with Gasteiger partial charge in [0.25, 0.3) is 0 Å². The Balaban J connectivity index is 2.38. The molecule has 0 aliphatic heterocycles. The lowest BCUT2D eigenvalue weighted by Gasteiger charge is -2.20. The summed E-state index contributed by atoms with van der Waals surface area (Å²) in [5, 5.41) is 10.1. The van der Waals surface area contributed by atoms with Crippen LogP contribution in [0.5, 0.6) is 0 Å². The quantitative estimate of drug-likeness (QED) is 0.414. The van der Waals surface area contributed by atoms with Crippen molar-refractivity contribution in [2.24, 2.45) is 0 Å². The molecule has 0 aliphatic carbocycles. The number of rotatable bonds is 9. The molecule has 4 heteroatoms. The first-order valence-corrected chi connectivity index (χ1v) is 5.83. The van der Waals surface area contributed by atoms with E-state index < -0.39 is 12.2 Å². The summed E-state index contributed by atoms with van der Waals surface area (Å²) in [4.78, 5) is 0. The summed E-state index contributed by atoms with van der Waals surface area (Å²) >= 11 is 0. The molecule has 0 spiro atoms. The first-order valence-electron chi connectivity index (χ1n) is 5.83. The normalized spacial score (nSPS) is 14.1. The minimum atomic E-state index is -0.741. The van der Waals surface area contributed by atoms with Gasteiger partial charge in [0.15, 0.2) is 0 Å². The largest absolute Gasteiger partial charge is 0.385 e. The molecule has 1 rings (SSSR count). The molecule has 2 atom stereocenters. The highest BCUT2D eigenvalue weighted by molar-refractivity contribution is 5.19. The van der Waals surface area contributed by atoms with Gasteiger partial charge in [0, 0.05) is 7.11 Å². The average molecular weight is 252 g/mol. The third-order valence-corrected chi connectivity index (χ3v) is 2.46. The first kappa shape index (κ1) is 14.9. The molecule has 0 aromatic heterocycles. The van der Waals surface area contributed by atoms with E-state index in [1.807, 2.05) is 30.3 Å². The van der Waals surface area contributed by atoms with Crippen LogP contribution < -0.4 is 0 Å². The van der Waals surface area contributed by atoms with Gasteiger partial charge in [-0.15, -0.1) is 6.58 Å². The summed E-state index contributed by atoms with van der Waals surface area (Å²) in [7, 11) is 1.61. The molecule has 0 heterocycles. The molecule has 0 unspecified atom stereocenters. The smallest absolute Gasteiger partial charge is 0.147 e. The summed E-state index contributed by atoms with van der Waals surface area (Å²) in [5.41, 5.74) is 0.791. The highest BCUT2D eigenvalue weighted by atomic mass is 16.7. The second-order valence-electron chi connectivity index (χ2n) is 3.74. The molecule has 0 fully saturated rings. The number of hydrogen-bond acceptors (Lipinski definition) is 4. The number of ether oxygens (including phenoxy) is 3. The molecule has 0 radical (unpaired) electrons. The number of aliphatic hydroxyl groups excluding tert-OH is 1. The Morgan fingerprint density at radius 3 is 2.61 bits per heavy atom. The first-order chi connectivity index (χ1) is 8.79. The lowest BCUT2D eigenvalue weighted by Crippen LogP contribution is -2.21. The van der Waals surface area contributed by atoms with E-state index in [0.29, 0.717) is 13.2 Å². The highest BCUT2D eigenvalue weighted by Gasteiger charge is 2.18. The summed E-state index contributed by atoms with van der Waals surface area (Å²) in [5.74, 6) is 0. The fraction of sp³-hybridized carbons (Fsp3) is 0.429. The van der Waals surface area contributed by atoms with Crippen molar-refractivity contribution in [3.63, 3.8) is 0 Å². The highest BCUT2D eigenvalue weighted by Crippen LogP contribution is 2.19. The topological polar surface area (TPSA) is 47.9 Å². The van der Waals surface area contributed by atoms with Crippen LogP contribution in [-0.2, 0) is 14.2 Å². The molecule has 18 heavy (non-hydrogen) atoms. The fourth-order valence-corrected chi connectivity index (χ4v) is 1.46. The van der Waals surface area contributed by atoms with Crippen molar-refractivity contribution in [1.29, 1.82) is 0 Å². The molecule has 1 aromatic rings. The number of aliphatic hydroxyl groups is 1. The molecular weight excluding hydrogens is 232 g/mol. The van der Waals surface area contributed by atoms with E-state index in [-0.39, 0.29) is 6.79 Å². The number of benzene rings is 1. The van der Waals surface area contributed by atoms with Crippen molar-refractivity contribution >= 4 is 0 Å². The van der Waals surface area contributed by atoms with Gasteiger partial charge in [-0.25, -0.2) is 0 Å². The maximum atomic E-state index is 10.1. The van der Waals surface area contributed by atoms with E-state index in [2.05, 4.69) is 6.58 Å². The Bertz CT molecular complexity index is 326. The van der Waals surface area contributed by atoms with E-state index in [0.717, 1.165) is 5.56 Å². The average Bonchev–Trinajstić information content (AvgIpc) is 2.43. The third-order valence-electron chi connectivity index (χ3n) is 2.46. The zero-order chi connectivity index (χ0) is 13.2. The Hall–Kier alpha value is -1.20. The summed E-state index contributed by atoms with van der Waals surface area (Å²) in [6.45, 7) is 4.74. The van der Waals surface area contributed by atoms with Crippen LogP contribution in [-0.4, -0.2) is 38.3 Å². The van der Waals surface area contributed by atoms with Gasteiger partial charge in [0.2, 0.25) is 0 Å². The van der Waals surface area contributed by atoms with Crippen molar-refractivity contribution in [3.8, 4) is 0 Å². The molecule has 0 amide bonds. The van der Waals surface area contributed by atoms with Gasteiger partial charge in [0.1, 0.15) is 19.0 Å². The van der Waals surface area contributed by atoms with Gasteiger partial charge < -0.3 is 19.3 Å². The Labute approximate surface area is 108 Å². The Kier molecular flexibility index (Phi) is 7.29. The van der Waals surface area contributed by atoms with Gasteiger partial charge in [0.05, 0.1) is 13.2 Å². The molecule has 0 saturated heterocycles. The molecule has 100 valence electrons. The van der Waals surface area contributed by atoms with Crippen LogP contribution in [0.15, 0.2) is 43.0 Å². The standard InChI is InChI=1S/C14H20O4/c1-3-13(18-11-17-10-9-16-2)14(15)12-7-5-4-6-8-12/h3-8,13-15H,1,9-11H2,2H3/t13-,14+/m0/s1. The summed E-state index contributed by atoms with van der Waals surface area (Å²) < 4.78 is 15.4. The summed E-state index contributed by atoms with van der Waals surface area (Å²) in [6, 6.07) is 9.32. The van der Waals surface area contributed by atoms with Crippen molar-refractivity contribution in [2.75, 3.05) is 27.1 Å². The van der Waals surface area contributed by atoms with Crippen LogP contribution >= 0.6 is 0 Å². The Morgan fingerprint density at radius 2 is 2.00 bits per heavy atom. The van der Waals surface area contributed by atoms with Crippen molar-refractivity contribution in [3.05, 3.63) is 48.6 Å². The van der Waals surface area contributed by atoms with E-state index in [1.54, 1.807) is 13.2 Å². The predicted molar refractivity (Wildman–Crippen MR) is 69.2 cm³/mol. The van der Waals surface area contributed by atoms with Crippen LogP contribution in [0.4, 0.5) is 0 Å². The van der Waals surface area contributed by atoms with Crippen molar-refractivity contribution in [1.82, 2.24) is 0 Å². The van der Waals surface area contributed by atoms with Gasteiger partial charge >= 0.3 is 0 Å². The molecule has 1 aromatic carbocycles. The molecule has 1 N–H and O–H groups in total. The van der Waals surface area contributed by atoms with Crippen LogP contribution in [0.25, 0.3) is 0 Å². The number of hydrogen-bond donors (Lipinski definition) is 1.